The summed E-state index contributed by atoms with van der Waals surface area (Å²) in [6.45, 7) is 8.83. The highest BCUT2D eigenvalue weighted by Crippen LogP contribution is 2.52. The van der Waals surface area contributed by atoms with Gasteiger partial charge in [-0.05, 0) is 29.7 Å². The van der Waals surface area contributed by atoms with Crippen LogP contribution in [0.1, 0.15) is 39.2 Å². The van der Waals surface area contributed by atoms with Gasteiger partial charge in [0.1, 0.15) is 0 Å². The van der Waals surface area contributed by atoms with Crippen molar-refractivity contribution >= 4 is 5.96 Å². The highest BCUT2D eigenvalue weighted by Gasteiger charge is 2.54. The summed E-state index contributed by atoms with van der Waals surface area (Å²) in [5.74, 6) is 1.35. The van der Waals surface area contributed by atoms with Crippen LogP contribution in [0.4, 0.5) is 0 Å². The Morgan fingerprint density at radius 3 is 2.60 bits per heavy atom. The third kappa shape index (κ3) is 2.09. The molecule has 2 unspecified atom stereocenters. The summed E-state index contributed by atoms with van der Waals surface area (Å²) >= 11 is 0. The fraction of sp³-hybridized carbons (Fsp3) is 0.588. The van der Waals surface area contributed by atoms with Crippen molar-refractivity contribution in [3.8, 4) is 0 Å². The molecule has 0 saturated heterocycles. The molecule has 0 aromatic heterocycles. The Kier molecular flexibility index (Phi) is 3.03. The summed E-state index contributed by atoms with van der Waals surface area (Å²) in [5.41, 5.74) is 8.03. The van der Waals surface area contributed by atoms with Gasteiger partial charge in [0.2, 0.25) is 0 Å². The van der Waals surface area contributed by atoms with Gasteiger partial charge in [0.25, 0.3) is 0 Å². The largest absolute Gasteiger partial charge is 0.370 e. The molecule has 2 atom stereocenters. The molecule has 0 radical (unpaired) electrons. The molecule has 1 saturated carbocycles. The van der Waals surface area contributed by atoms with Crippen LogP contribution in [-0.4, -0.2) is 22.9 Å². The quantitative estimate of drug-likeness (QED) is 0.898. The maximum Gasteiger partial charge on any atom is 0.192 e. The standard InChI is InChI=1S/C17H25N3/c1-13-9-16(2,3)11-17(13)12-19-15(18)20(17)10-14-7-5-4-6-8-14/h4-8,13H,9-12H2,1-3H3,(H2,18,19). The third-order valence-corrected chi connectivity index (χ3v) is 5.07. The van der Waals surface area contributed by atoms with Gasteiger partial charge in [0.05, 0.1) is 12.1 Å². The molecule has 3 heteroatoms. The zero-order valence-corrected chi connectivity index (χ0v) is 12.8. The first-order valence-electron chi connectivity index (χ1n) is 7.54. The first-order valence-corrected chi connectivity index (χ1v) is 7.54. The van der Waals surface area contributed by atoms with Gasteiger partial charge < -0.3 is 10.6 Å². The predicted octanol–water partition coefficient (Wildman–Crippen LogP) is 3.01. The van der Waals surface area contributed by atoms with Crippen molar-refractivity contribution in [2.45, 2.75) is 45.7 Å². The fourth-order valence-electron chi connectivity index (χ4n) is 4.29. The summed E-state index contributed by atoms with van der Waals surface area (Å²) in [4.78, 5) is 6.95. The fourth-order valence-corrected chi connectivity index (χ4v) is 4.29. The second-order valence-corrected chi connectivity index (χ2v) is 7.30. The molecular weight excluding hydrogens is 246 g/mol. The van der Waals surface area contributed by atoms with Crippen molar-refractivity contribution < 1.29 is 0 Å². The van der Waals surface area contributed by atoms with E-state index in [0.29, 0.717) is 11.3 Å². The first-order chi connectivity index (χ1) is 9.43. The molecule has 20 heavy (non-hydrogen) atoms. The minimum absolute atomic E-state index is 0.128. The van der Waals surface area contributed by atoms with Crippen LogP contribution in [0, 0.1) is 11.3 Å². The average molecular weight is 271 g/mol. The van der Waals surface area contributed by atoms with Gasteiger partial charge in [-0.15, -0.1) is 0 Å². The van der Waals surface area contributed by atoms with E-state index in [4.69, 9.17) is 5.73 Å². The van der Waals surface area contributed by atoms with Crippen molar-refractivity contribution in [3.63, 3.8) is 0 Å². The van der Waals surface area contributed by atoms with Crippen molar-refractivity contribution in [2.24, 2.45) is 22.1 Å². The Morgan fingerprint density at radius 1 is 1.30 bits per heavy atom. The number of aliphatic imine (C=N–C) groups is 1. The van der Waals surface area contributed by atoms with Gasteiger partial charge in [-0.2, -0.15) is 0 Å². The molecule has 1 aliphatic carbocycles. The van der Waals surface area contributed by atoms with E-state index in [9.17, 15) is 0 Å². The number of nitrogens with zero attached hydrogens (tertiary/aromatic N) is 2. The SMILES string of the molecule is CC1CC(C)(C)CC12CN=C(N)N2Cc1ccccc1. The Hall–Kier alpha value is -1.51. The van der Waals surface area contributed by atoms with E-state index in [2.05, 4.69) is 61.0 Å². The van der Waals surface area contributed by atoms with Crippen molar-refractivity contribution in [2.75, 3.05) is 6.54 Å². The number of guanidine groups is 1. The van der Waals surface area contributed by atoms with Crippen LogP contribution in [-0.2, 0) is 6.54 Å². The normalized spacial score (nSPS) is 31.9. The van der Waals surface area contributed by atoms with Crippen molar-refractivity contribution in [1.82, 2.24) is 4.90 Å². The van der Waals surface area contributed by atoms with E-state index in [1.807, 2.05) is 0 Å². The van der Waals surface area contributed by atoms with Crippen LogP contribution < -0.4 is 5.73 Å². The van der Waals surface area contributed by atoms with Gasteiger partial charge in [0, 0.05) is 6.54 Å². The molecule has 1 aliphatic heterocycles. The molecule has 2 aliphatic rings. The molecule has 1 heterocycles. The first kappa shape index (κ1) is 13.5. The molecule has 3 rings (SSSR count). The molecule has 1 aromatic carbocycles. The van der Waals surface area contributed by atoms with Crippen molar-refractivity contribution in [1.29, 1.82) is 0 Å². The number of rotatable bonds is 2. The molecule has 108 valence electrons. The van der Waals surface area contributed by atoms with Crippen LogP contribution >= 0.6 is 0 Å². The Morgan fingerprint density at radius 2 is 2.00 bits per heavy atom. The molecule has 1 aromatic rings. The van der Waals surface area contributed by atoms with E-state index in [1.165, 1.54) is 18.4 Å². The molecule has 1 fully saturated rings. The number of hydrogen-bond donors (Lipinski definition) is 1. The van der Waals surface area contributed by atoms with Crippen LogP contribution in [0.5, 0.6) is 0 Å². The van der Waals surface area contributed by atoms with Crippen molar-refractivity contribution in [3.05, 3.63) is 35.9 Å². The molecular formula is C17H25N3. The lowest BCUT2D eigenvalue weighted by molar-refractivity contribution is 0.142. The lowest BCUT2D eigenvalue weighted by atomic mass is 9.85. The molecule has 0 amide bonds. The summed E-state index contributed by atoms with van der Waals surface area (Å²) < 4.78 is 0. The average Bonchev–Trinajstić information content (AvgIpc) is 2.81. The van der Waals surface area contributed by atoms with Crippen LogP contribution in [0.15, 0.2) is 35.3 Å². The second kappa shape index (κ2) is 4.51. The Labute approximate surface area is 121 Å². The van der Waals surface area contributed by atoms with Crippen LogP contribution in [0.2, 0.25) is 0 Å². The lowest BCUT2D eigenvalue weighted by Crippen LogP contribution is -2.53. The monoisotopic (exact) mass is 271 g/mol. The van der Waals surface area contributed by atoms with Gasteiger partial charge in [-0.1, -0.05) is 51.1 Å². The molecule has 0 bridgehead atoms. The number of benzene rings is 1. The lowest BCUT2D eigenvalue weighted by Gasteiger charge is -2.40. The maximum absolute atomic E-state index is 6.21. The van der Waals surface area contributed by atoms with Crippen LogP contribution in [0.3, 0.4) is 0 Å². The molecule has 2 N–H and O–H groups in total. The number of nitrogens with two attached hydrogens (primary N) is 1. The smallest absolute Gasteiger partial charge is 0.192 e. The zero-order chi connectivity index (χ0) is 14.4. The molecule has 1 spiro atoms. The number of hydrogen-bond acceptors (Lipinski definition) is 3. The summed E-state index contributed by atoms with van der Waals surface area (Å²) in [6.07, 6.45) is 2.43. The highest BCUT2D eigenvalue weighted by molar-refractivity contribution is 5.81. The van der Waals surface area contributed by atoms with Gasteiger partial charge in [0.15, 0.2) is 5.96 Å². The second-order valence-electron chi connectivity index (χ2n) is 7.30. The minimum Gasteiger partial charge on any atom is -0.370 e. The Balaban J connectivity index is 1.89. The van der Waals surface area contributed by atoms with E-state index >= 15 is 0 Å². The topological polar surface area (TPSA) is 41.6 Å². The van der Waals surface area contributed by atoms with E-state index in [-0.39, 0.29) is 5.54 Å². The van der Waals surface area contributed by atoms with E-state index < -0.39 is 0 Å². The van der Waals surface area contributed by atoms with E-state index in [1.54, 1.807) is 0 Å². The van der Waals surface area contributed by atoms with Gasteiger partial charge in [-0.25, -0.2) is 0 Å². The van der Waals surface area contributed by atoms with Crippen LogP contribution in [0.25, 0.3) is 0 Å². The maximum atomic E-state index is 6.21. The van der Waals surface area contributed by atoms with Gasteiger partial charge >= 0.3 is 0 Å². The Bertz CT molecular complexity index is 520. The van der Waals surface area contributed by atoms with E-state index in [0.717, 1.165) is 19.0 Å². The predicted molar refractivity (Wildman–Crippen MR) is 83.4 cm³/mol. The molecule has 3 nitrogen and oxygen atoms in total. The third-order valence-electron chi connectivity index (χ3n) is 5.07. The highest BCUT2D eigenvalue weighted by atomic mass is 15.4. The minimum atomic E-state index is 0.128. The summed E-state index contributed by atoms with van der Waals surface area (Å²) in [5, 5.41) is 0. The summed E-state index contributed by atoms with van der Waals surface area (Å²) in [6, 6.07) is 10.6. The summed E-state index contributed by atoms with van der Waals surface area (Å²) in [7, 11) is 0. The van der Waals surface area contributed by atoms with Gasteiger partial charge in [-0.3, -0.25) is 4.99 Å². The zero-order valence-electron chi connectivity index (χ0n) is 12.8.